The molecule has 0 radical (unpaired) electrons. The lowest BCUT2D eigenvalue weighted by molar-refractivity contribution is 0.405. The minimum atomic E-state index is 0.447. The fourth-order valence-electron chi connectivity index (χ4n) is 2.54. The molecule has 0 spiro atoms. The van der Waals surface area contributed by atoms with Gasteiger partial charge in [0.15, 0.2) is 0 Å². The summed E-state index contributed by atoms with van der Waals surface area (Å²) in [5, 5.41) is 7.15. The Labute approximate surface area is 163 Å². The second-order valence-corrected chi connectivity index (χ2v) is 6.41. The molecule has 3 aromatic rings. The van der Waals surface area contributed by atoms with Gasteiger partial charge in [-0.25, -0.2) is 4.98 Å². The van der Waals surface area contributed by atoms with E-state index in [0.29, 0.717) is 34.0 Å². The number of halogens is 1. The number of benzene rings is 2. The fourth-order valence-corrected chi connectivity index (χ4v) is 2.72. The van der Waals surface area contributed by atoms with E-state index in [1.54, 1.807) is 14.2 Å². The summed E-state index contributed by atoms with van der Waals surface area (Å²) in [6.45, 7) is 3.87. The van der Waals surface area contributed by atoms with Crippen molar-refractivity contribution in [1.29, 1.82) is 0 Å². The molecule has 140 valence electrons. The molecule has 0 aliphatic rings. The number of hydrogen-bond acceptors (Lipinski definition) is 6. The molecule has 0 aliphatic heterocycles. The maximum absolute atomic E-state index is 6.20. The summed E-state index contributed by atoms with van der Waals surface area (Å²) in [7, 11) is 3.22. The van der Waals surface area contributed by atoms with E-state index in [4.69, 9.17) is 21.1 Å². The van der Waals surface area contributed by atoms with Gasteiger partial charge >= 0.3 is 0 Å². The Morgan fingerprint density at radius 2 is 1.70 bits per heavy atom. The second-order valence-electron chi connectivity index (χ2n) is 6.00. The topological polar surface area (TPSA) is 68.3 Å². The Kier molecular flexibility index (Phi) is 5.66. The maximum Gasteiger partial charge on any atom is 0.229 e. The van der Waals surface area contributed by atoms with Crippen LogP contribution in [0.2, 0.25) is 5.02 Å². The number of nitrogens with zero attached hydrogens (tertiary/aromatic N) is 2. The first-order chi connectivity index (χ1) is 13.0. The van der Waals surface area contributed by atoms with Crippen molar-refractivity contribution in [2.24, 2.45) is 0 Å². The molecule has 2 N–H and O–H groups in total. The minimum Gasteiger partial charge on any atom is -0.497 e. The van der Waals surface area contributed by atoms with Crippen molar-refractivity contribution in [3.63, 3.8) is 0 Å². The Balaban J connectivity index is 1.88. The smallest absolute Gasteiger partial charge is 0.229 e. The molecule has 0 aliphatic carbocycles. The van der Waals surface area contributed by atoms with Gasteiger partial charge in [-0.1, -0.05) is 17.7 Å². The number of aryl methyl sites for hydroxylation is 2. The van der Waals surface area contributed by atoms with Gasteiger partial charge in [-0.15, -0.1) is 0 Å². The Hall–Kier alpha value is -2.99. The average Bonchev–Trinajstić information content (AvgIpc) is 2.64. The number of aromatic nitrogens is 2. The van der Waals surface area contributed by atoms with Crippen molar-refractivity contribution in [1.82, 2.24) is 9.97 Å². The lowest BCUT2D eigenvalue weighted by Gasteiger charge is -2.13. The van der Waals surface area contributed by atoms with Gasteiger partial charge in [0.1, 0.15) is 17.3 Å². The summed E-state index contributed by atoms with van der Waals surface area (Å²) in [4.78, 5) is 8.98. The van der Waals surface area contributed by atoms with E-state index in [1.807, 2.05) is 56.3 Å². The van der Waals surface area contributed by atoms with Crippen LogP contribution in [0.25, 0.3) is 0 Å². The van der Waals surface area contributed by atoms with Gasteiger partial charge in [-0.2, -0.15) is 4.98 Å². The van der Waals surface area contributed by atoms with Crippen LogP contribution in [0.3, 0.4) is 0 Å². The molecule has 0 unspecified atom stereocenters. The normalized spacial score (nSPS) is 10.4. The van der Waals surface area contributed by atoms with Gasteiger partial charge < -0.3 is 20.1 Å². The summed E-state index contributed by atoms with van der Waals surface area (Å²) >= 11 is 6.20. The van der Waals surface area contributed by atoms with Gasteiger partial charge in [-0.3, -0.25) is 0 Å². The molecule has 6 nitrogen and oxygen atoms in total. The Morgan fingerprint density at radius 3 is 2.41 bits per heavy atom. The SMILES string of the molecule is COc1ccc(OC)c(Nc2nc(C)cc(Nc3ccc(C)c(Cl)c3)n2)c1. The first-order valence-corrected chi connectivity index (χ1v) is 8.74. The summed E-state index contributed by atoms with van der Waals surface area (Å²) in [6, 6.07) is 13.1. The number of ether oxygens (including phenoxy) is 2. The number of nitrogens with one attached hydrogen (secondary N) is 2. The Bertz CT molecular complexity index is 963. The van der Waals surface area contributed by atoms with Crippen LogP contribution in [0.4, 0.5) is 23.1 Å². The summed E-state index contributed by atoms with van der Waals surface area (Å²) < 4.78 is 10.7. The van der Waals surface area contributed by atoms with E-state index in [2.05, 4.69) is 20.6 Å². The van der Waals surface area contributed by atoms with E-state index < -0.39 is 0 Å². The van der Waals surface area contributed by atoms with Gasteiger partial charge in [-0.05, 0) is 43.7 Å². The molecule has 0 fully saturated rings. The largest absolute Gasteiger partial charge is 0.497 e. The molecule has 7 heteroatoms. The molecule has 0 atom stereocenters. The maximum atomic E-state index is 6.20. The molecule has 0 saturated carbocycles. The first kappa shape index (κ1) is 18.8. The molecule has 0 amide bonds. The zero-order valence-corrected chi connectivity index (χ0v) is 16.4. The van der Waals surface area contributed by atoms with Crippen LogP contribution in [0.15, 0.2) is 42.5 Å². The van der Waals surface area contributed by atoms with E-state index >= 15 is 0 Å². The van der Waals surface area contributed by atoms with Crippen LogP contribution >= 0.6 is 11.6 Å². The number of anilines is 4. The van der Waals surface area contributed by atoms with Crippen molar-refractivity contribution in [2.75, 3.05) is 24.9 Å². The van der Waals surface area contributed by atoms with Crippen LogP contribution < -0.4 is 20.1 Å². The van der Waals surface area contributed by atoms with E-state index in [1.165, 1.54) is 0 Å². The summed E-state index contributed by atoms with van der Waals surface area (Å²) in [6.07, 6.45) is 0. The molecular formula is C20H21ClN4O2. The number of rotatable bonds is 6. The third-order valence-corrected chi connectivity index (χ3v) is 4.36. The fraction of sp³-hybridized carbons (Fsp3) is 0.200. The zero-order chi connectivity index (χ0) is 19.4. The zero-order valence-electron chi connectivity index (χ0n) is 15.6. The second kappa shape index (κ2) is 8.14. The molecule has 1 heterocycles. The molecular weight excluding hydrogens is 364 g/mol. The lowest BCUT2D eigenvalue weighted by atomic mass is 10.2. The van der Waals surface area contributed by atoms with Gasteiger partial charge in [0.2, 0.25) is 5.95 Å². The van der Waals surface area contributed by atoms with Gasteiger partial charge in [0.25, 0.3) is 0 Å². The monoisotopic (exact) mass is 384 g/mol. The van der Waals surface area contributed by atoms with Crippen LogP contribution in [0.5, 0.6) is 11.5 Å². The summed E-state index contributed by atoms with van der Waals surface area (Å²) in [5.74, 6) is 2.48. The van der Waals surface area contributed by atoms with E-state index in [0.717, 1.165) is 16.9 Å². The minimum absolute atomic E-state index is 0.447. The van der Waals surface area contributed by atoms with E-state index in [-0.39, 0.29) is 0 Å². The van der Waals surface area contributed by atoms with Gasteiger partial charge in [0.05, 0.1) is 19.9 Å². The summed E-state index contributed by atoms with van der Waals surface area (Å²) in [5.41, 5.74) is 3.41. The lowest BCUT2D eigenvalue weighted by Crippen LogP contribution is -2.03. The standard InChI is InChI=1S/C20H21ClN4O2/c1-12-5-6-14(10-16(12)21)23-19-9-13(2)22-20(25-19)24-17-11-15(26-3)7-8-18(17)27-4/h5-11H,1-4H3,(H2,22,23,24,25). The predicted octanol–water partition coefficient (Wildman–Crippen LogP) is 5.25. The van der Waals surface area contributed by atoms with Crippen molar-refractivity contribution in [3.05, 3.63) is 58.7 Å². The molecule has 0 bridgehead atoms. The highest BCUT2D eigenvalue weighted by atomic mass is 35.5. The van der Waals surface area contributed by atoms with Crippen molar-refractivity contribution in [3.8, 4) is 11.5 Å². The van der Waals surface area contributed by atoms with Crippen molar-refractivity contribution < 1.29 is 9.47 Å². The molecule has 0 saturated heterocycles. The first-order valence-electron chi connectivity index (χ1n) is 8.36. The quantitative estimate of drug-likeness (QED) is 0.604. The van der Waals surface area contributed by atoms with Crippen molar-refractivity contribution in [2.45, 2.75) is 13.8 Å². The highest BCUT2D eigenvalue weighted by molar-refractivity contribution is 6.31. The van der Waals surface area contributed by atoms with Crippen LogP contribution in [0, 0.1) is 13.8 Å². The molecule has 1 aromatic heterocycles. The number of hydrogen-bond donors (Lipinski definition) is 2. The average molecular weight is 385 g/mol. The predicted molar refractivity (Wildman–Crippen MR) is 109 cm³/mol. The van der Waals surface area contributed by atoms with Gasteiger partial charge in [0, 0.05) is 28.5 Å². The van der Waals surface area contributed by atoms with Crippen LogP contribution in [-0.2, 0) is 0 Å². The number of methoxy groups -OCH3 is 2. The molecule has 2 aromatic carbocycles. The highest BCUT2D eigenvalue weighted by Crippen LogP contribution is 2.31. The third kappa shape index (κ3) is 4.60. The van der Waals surface area contributed by atoms with Crippen molar-refractivity contribution >= 4 is 34.7 Å². The van der Waals surface area contributed by atoms with Crippen LogP contribution in [0.1, 0.15) is 11.3 Å². The third-order valence-electron chi connectivity index (χ3n) is 3.95. The molecule has 3 rings (SSSR count). The molecule has 27 heavy (non-hydrogen) atoms. The van der Waals surface area contributed by atoms with Crippen LogP contribution in [-0.4, -0.2) is 24.2 Å². The van der Waals surface area contributed by atoms with E-state index in [9.17, 15) is 0 Å². The Morgan fingerprint density at radius 1 is 0.889 bits per heavy atom. The highest BCUT2D eigenvalue weighted by Gasteiger charge is 2.09.